The standard InChI is InChI=1S/C21H30N2O3S/c1-16(11-13-27(2,25)26)22-21(24)23-12-10-18(14-17-8-9-17)15-20(23)19-6-4-3-5-7-19/h3-7,11,13,16-18,20H,8-10,12,14-15H2,1-2H3,(H,22,24)/b13-11+/t16-,18-,20-/m0/s1. The number of nitrogens with one attached hydrogen (secondary N) is 1. The molecule has 1 saturated heterocycles. The summed E-state index contributed by atoms with van der Waals surface area (Å²) in [4.78, 5) is 14.8. The lowest BCUT2D eigenvalue weighted by Crippen LogP contribution is -2.48. The van der Waals surface area contributed by atoms with Gasteiger partial charge in [-0.25, -0.2) is 13.2 Å². The maximum Gasteiger partial charge on any atom is 0.318 e. The number of rotatable bonds is 6. The molecule has 1 saturated carbocycles. The van der Waals surface area contributed by atoms with Crippen LogP contribution in [0.1, 0.15) is 50.6 Å². The maximum atomic E-state index is 12.9. The van der Waals surface area contributed by atoms with Crippen LogP contribution in [0.15, 0.2) is 41.8 Å². The monoisotopic (exact) mass is 390 g/mol. The van der Waals surface area contributed by atoms with Gasteiger partial charge in [0.05, 0.1) is 6.04 Å². The molecule has 0 spiro atoms. The fourth-order valence-electron chi connectivity index (χ4n) is 3.90. The van der Waals surface area contributed by atoms with Crippen LogP contribution >= 0.6 is 0 Å². The summed E-state index contributed by atoms with van der Waals surface area (Å²) in [5, 5.41) is 4.07. The van der Waals surface area contributed by atoms with Crippen LogP contribution < -0.4 is 5.32 Å². The number of nitrogens with zero attached hydrogens (tertiary/aromatic N) is 1. The van der Waals surface area contributed by atoms with Gasteiger partial charge in [0.15, 0.2) is 9.84 Å². The Balaban J connectivity index is 1.69. The molecule has 148 valence electrons. The average molecular weight is 391 g/mol. The van der Waals surface area contributed by atoms with Gasteiger partial charge in [-0.1, -0.05) is 49.2 Å². The fourth-order valence-corrected chi connectivity index (χ4v) is 4.42. The summed E-state index contributed by atoms with van der Waals surface area (Å²) in [5.74, 6) is 1.57. The van der Waals surface area contributed by atoms with Gasteiger partial charge in [-0.2, -0.15) is 0 Å². The molecule has 3 rings (SSSR count). The van der Waals surface area contributed by atoms with Crippen LogP contribution in [0.4, 0.5) is 4.79 Å². The zero-order valence-corrected chi connectivity index (χ0v) is 17.0. The predicted molar refractivity (Wildman–Crippen MR) is 108 cm³/mol. The Hall–Kier alpha value is -1.82. The Kier molecular flexibility index (Phi) is 6.25. The molecule has 2 aliphatic rings. The molecule has 1 aromatic rings. The molecule has 6 heteroatoms. The highest BCUT2D eigenvalue weighted by Crippen LogP contribution is 2.42. The molecule has 2 amide bonds. The van der Waals surface area contributed by atoms with Gasteiger partial charge in [-0.3, -0.25) is 0 Å². The molecular weight excluding hydrogens is 360 g/mol. The predicted octanol–water partition coefficient (Wildman–Crippen LogP) is 3.90. The minimum atomic E-state index is -3.19. The average Bonchev–Trinajstić information content (AvgIpc) is 3.44. The van der Waals surface area contributed by atoms with E-state index in [1.54, 1.807) is 6.92 Å². The summed E-state index contributed by atoms with van der Waals surface area (Å²) >= 11 is 0. The molecule has 0 aromatic heterocycles. The Morgan fingerprint density at radius 1 is 1.22 bits per heavy atom. The minimum absolute atomic E-state index is 0.0785. The summed E-state index contributed by atoms with van der Waals surface area (Å²) in [6.07, 6.45) is 8.72. The number of urea groups is 1. The second kappa shape index (κ2) is 8.46. The number of hydrogen-bond donors (Lipinski definition) is 1. The first kappa shape index (κ1) is 19.9. The first-order chi connectivity index (χ1) is 12.8. The minimum Gasteiger partial charge on any atom is -0.332 e. The van der Waals surface area contributed by atoms with Crippen molar-refractivity contribution in [2.75, 3.05) is 12.8 Å². The van der Waals surface area contributed by atoms with Crippen LogP contribution in [0.2, 0.25) is 0 Å². The molecule has 0 bridgehead atoms. The molecule has 2 fully saturated rings. The number of carbonyl (C=O) groups excluding carboxylic acids is 1. The van der Waals surface area contributed by atoms with Crippen molar-refractivity contribution in [2.45, 2.75) is 51.1 Å². The number of likely N-dealkylation sites (tertiary alicyclic amines) is 1. The van der Waals surface area contributed by atoms with E-state index in [0.29, 0.717) is 5.92 Å². The van der Waals surface area contributed by atoms with E-state index >= 15 is 0 Å². The van der Waals surface area contributed by atoms with Crippen LogP contribution in [0, 0.1) is 11.8 Å². The fraction of sp³-hybridized carbons (Fsp3) is 0.571. The zero-order valence-electron chi connectivity index (χ0n) is 16.2. The van der Waals surface area contributed by atoms with Crippen LogP contribution in [-0.2, 0) is 9.84 Å². The van der Waals surface area contributed by atoms with E-state index < -0.39 is 9.84 Å². The van der Waals surface area contributed by atoms with E-state index in [2.05, 4.69) is 17.4 Å². The highest BCUT2D eigenvalue weighted by molar-refractivity contribution is 7.93. The van der Waals surface area contributed by atoms with Gasteiger partial charge in [-0.15, -0.1) is 0 Å². The second-order valence-electron chi connectivity index (χ2n) is 8.09. The van der Waals surface area contributed by atoms with Gasteiger partial charge in [0, 0.05) is 24.3 Å². The first-order valence-corrected chi connectivity index (χ1v) is 11.8. The van der Waals surface area contributed by atoms with Crippen LogP contribution in [0.3, 0.4) is 0 Å². The number of carbonyl (C=O) groups is 1. The summed E-state index contributed by atoms with van der Waals surface area (Å²) < 4.78 is 22.6. The van der Waals surface area contributed by atoms with Gasteiger partial charge < -0.3 is 10.2 Å². The Morgan fingerprint density at radius 3 is 2.56 bits per heavy atom. The SMILES string of the molecule is C[C@@H](/C=C/S(C)(=O)=O)NC(=O)N1CC[C@@H](CC2CC2)C[C@H]1c1ccccc1. The van der Waals surface area contributed by atoms with Crippen molar-refractivity contribution in [1.29, 1.82) is 0 Å². The maximum absolute atomic E-state index is 12.9. The molecule has 1 aliphatic carbocycles. The third-order valence-corrected chi connectivity index (χ3v) is 6.14. The lowest BCUT2D eigenvalue weighted by Gasteiger charge is -2.40. The number of hydrogen-bond acceptors (Lipinski definition) is 3. The van der Waals surface area contributed by atoms with Crippen molar-refractivity contribution in [2.24, 2.45) is 11.8 Å². The Bertz CT molecular complexity index is 772. The Labute approximate surface area is 162 Å². The molecule has 0 radical (unpaired) electrons. The van der Waals surface area contributed by atoms with E-state index in [0.717, 1.165) is 37.0 Å². The smallest absolute Gasteiger partial charge is 0.318 e. The molecule has 1 heterocycles. The van der Waals surface area contributed by atoms with Crippen molar-refractivity contribution in [3.8, 4) is 0 Å². The van der Waals surface area contributed by atoms with E-state index in [1.807, 2.05) is 23.1 Å². The van der Waals surface area contributed by atoms with Crippen LogP contribution in [-0.4, -0.2) is 38.2 Å². The first-order valence-electron chi connectivity index (χ1n) is 9.82. The van der Waals surface area contributed by atoms with Gasteiger partial charge >= 0.3 is 6.03 Å². The molecule has 3 atom stereocenters. The molecule has 1 aromatic carbocycles. The third kappa shape index (κ3) is 6.09. The quantitative estimate of drug-likeness (QED) is 0.801. The zero-order chi connectivity index (χ0) is 19.4. The highest BCUT2D eigenvalue weighted by atomic mass is 32.2. The number of benzene rings is 1. The largest absolute Gasteiger partial charge is 0.332 e. The van der Waals surface area contributed by atoms with E-state index in [9.17, 15) is 13.2 Å². The van der Waals surface area contributed by atoms with E-state index in [4.69, 9.17) is 0 Å². The second-order valence-corrected chi connectivity index (χ2v) is 10.0. The molecule has 0 unspecified atom stereocenters. The number of amides is 2. The van der Waals surface area contributed by atoms with Crippen LogP contribution in [0.25, 0.3) is 0 Å². The van der Waals surface area contributed by atoms with Crippen molar-refractivity contribution >= 4 is 15.9 Å². The normalized spacial score (nSPS) is 24.7. The van der Waals surface area contributed by atoms with Crippen molar-refractivity contribution in [3.05, 3.63) is 47.4 Å². The molecular formula is C21H30N2O3S. The molecule has 1 aliphatic heterocycles. The van der Waals surface area contributed by atoms with Gasteiger partial charge in [0.1, 0.15) is 0 Å². The molecule has 1 N–H and O–H groups in total. The summed E-state index contributed by atoms with van der Waals surface area (Å²) in [5.41, 5.74) is 1.17. The van der Waals surface area contributed by atoms with Crippen molar-refractivity contribution in [3.63, 3.8) is 0 Å². The number of sulfone groups is 1. The lowest BCUT2D eigenvalue weighted by molar-refractivity contribution is 0.121. The third-order valence-electron chi connectivity index (χ3n) is 5.49. The Morgan fingerprint density at radius 2 is 1.93 bits per heavy atom. The molecule has 27 heavy (non-hydrogen) atoms. The van der Waals surface area contributed by atoms with Gasteiger partial charge in [0.25, 0.3) is 0 Å². The lowest BCUT2D eigenvalue weighted by atomic mass is 9.84. The number of piperidine rings is 1. The van der Waals surface area contributed by atoms with E-state index in [1.165, 1.54) is 30.9 Å². The van der Waals surface area contributed by atoms with Gasteiger partial charge in [-0.05, 0) is 43.6 Å². The van der Waals surface area contributed by atoms with Gasteiger partial charge in [0.2, 0.25) is 0 Å². The van der Waals surface area contributed by atoms with E-state index in [-0.39, 0.29) is 18.1 Å². The summed E-state index contributed by atoms with van der Waals surface area (Å²) in [6, 6.07) is 9.84. The molecule has 5 nitrogen and oxygen atoms in total. The summed E-state index contributed by atoms with van der Waals surface area (Å²) in [6.45, 7) is 2.53. The van der Waals surface area contributed by atoms with Crippen molar-refractivity contribution in [1.82, 2.24) is 10.2 Å². The summed E-state index contributed by atoms with van der Waals surface area (Å²) in [7, 11) is -3.19. The topological polar surface area (TPSA) is 66.5 Å². The van der Waals surface area contributed by atoms with Crippen molar-refractivity contribution < 1.29 is 13.2 Å². The van der Waals surface area contributed by atoms with Crippen LogP contribution in [0.5, 0.6) is 0 Å². The highest BCUT2D eigenvalue weighted by Gasteiger charge is 2.35.